The van der Waals surface area contributed by atoms with E-state index in [0.717, 1.165) is 37.3 Å². The third-order valence-electron chi connectivity index (χ3n) is 6.45. The van der Waals surface area contributed by atoms with Crippen molar-refractivity contribution < 1.29 is 14.7 Å². The SMILES string of the molecule is Cc1ccccc1C(=O)Nc1ccc(N2CCCC(CN3CCCC3)C2)c(C(=O)O)c1. The van der Waals surface area contributed by atoms with Crippen LogP contribution in [0.3, 0.4) is 0 Å². The number of carboxylic acids is 1. The Bertz CT molecular complexity index is 953. The van der Waals surface area contributed by atoms with Crippen LogP contribution in [0.15, 0.2) is 42.5 Å². The summed E-state index contributed by atoms with van der Waals surface area (Å²) >= 11 is 0. The fraction of sp³-hybridized carbons (Fsp3) is 0.440. The average Bonchev–Trinajstić information content (AvgIpc) is 3.27. The number of hydrogen-bond donors (Lipinski definition) is 2. The van der Waals surface area contributed by atoms with Crippen LogP contribution in [0.25, 0.3) is 0 Å². The lowest BCUT2D eigenvalue weighted by Crippen LogP contribution is -2.41. The number of anilines is 2. The number of carbonyl (C=O) groups is 2. The van der Waals surface area contributed by atoms with Crippen molar-refractivity contribution in [2.24, 2.45) is 5.92 Å². The molecule has 6 heteroatoms. The predicted octanol–water partition coefficient (Wildman–Crippen LogP) is 4.26. The molecule has 2 aromatic rings. The number of nitrogens with zero attached hydrogens (tertiary/aromatic N) is 2. The zero-order valence-corrected chi connectivity index (χ0v) is 18.1. The van der Waals surface area contributed by atoms with Gasteiger partial charge in [-0.05, 0) is 81.4 Å². The molecule has 0 bridgehead atoms. The van der Waals surface area contributed by atoms with Crippen molar-refractivity contribution in [2.45, 2.75) is 32.6 Å². The molecule has 1 amide bonds. The molecule has 0 aromatic heterocycles. The number of nitrogens with one attached hydrogen (secondary N) is 1. The van der Waals surface area contributed by atoms with Crippen molar-refractivity contribution in [3.8, 4) is 0 Å². The molecule has 6 nitrogen and oxygen atoms in total. The molecule has 2 heterocycles. The molecule has 0 saturated carbocycles. The normalized spacial score (nSPS) is 19.4. The first kappa shape index (κ1) is 21.4. The van der Waals surface area contributed by atoms with Gasteiger partial charge in [-0.2, -0.15) is 0 Å². The number of carboxylic acid groups (broad SMARTS) is 1. The molecule has 1 unspecified atom stereocenters. The Kier molecular flexibility index (Phi) is 6.56. The van der Waals surface area contributed by atoms with E-state index in [1.54, 1.807) is 12.1 Å². The Morgan fingerprint density at radius 2 is 1.81 bits per heavy atom. The van der Waals surface area contributed by atoms with E-state index in [0.29, 0.717) is 17.2 Å². The smallest absolute Gasteiger partial charge is 0.337 e. The molecule has 1 atom stereocenters. The van der Waals surface area contributed by atoms with Crippen LogP contribution in [0, 0.1) is 12.8 Å². The lowest BCUT2D eigenvalue weighted by molar-refractivity contribution is 0.0697. The van der Waals surface area contributed by atoms with E-state index in [9.17, 15) is 14.7 Å². The standard InChI is InChI=1S/C25H31N3O3/c1-18-7-2-3-9-21(18)24(29)26-20-10-11-23(22(15-20)25(30)31)28-14-6-8-19(17-28)16-27-12-4-5-13-27/h2-3,7,9-11,15,19H,4-6,8,12-14,16-17H2,1H3,(H,26,29)(H,30,31). The Balaban J connectivity index is 1.50. The van der Waals surface area contributed by atoms with Gasteiger partial charge in [0.2, 0.25) is 0 Å². The highest BCUT2D eigenvalue weighted by Gasteiger charge is 2.26. The molecule has 2 fully saturated rings. The van der Waals surface area contributed by atoms with Crippen molar-refractivity contribution in [1.29, 1.82) is 0 Å². The highest BCUT2D eigenvalue weighted by molar-refractivity contribution is 6.06. The summed E-state index contributed by atoms with van der Waals surface area (Å²) in [5.74, 6) is -0.636. The van der Waals surface area contributed by atoms with Gasteiger partial charge in [-0.15, -0.1) is 0 Å². The van der Waals surface area contributed by atoms with Gasteiger partial charge in [-0.3, -0.25) is 4.79 Å². The van der Waals surface area contributed by atoms with E-state index in [1.165, 1.54) is 32.4 Å². The average molecular weight is 422 g/mol. The van der Waals surface area contributed by atoms with Gasteiger partial charge in [0.05, 0.1) is 11.3 Å². The van der Waals surface area contributed by atoms with Gasteiger partial charge in [-0.25, -0.2) is 4.79 Å². The van der Waals surface area contributed by atoms with Gasteiger partial charge in [0, 0.05) is 30.9 Å². The van der Waals surface area contributed by atoms with Crippen LogP contribution in [-0.4, -0.2) is 54.6 Å². The minimum absolute atomic E-state index is 0.231. The van der Waals surface area contributed by atoms with E-state index < -0.39 is 5.97 Å². The predicted molar refractivity (Wildman–Crippen MR) is 123 cm³/mol. The number of hydrogen-bond acceptors (Lipinski definition) is 4. The fourth-order valence-electron chi connectivity index (χ4n) is 4.85. The number of rotatable bonds is 6. The first-order chi connectivity index (χ1) is 15.0. The highest BCUT2D eigenvalue weighted by Crippen LogP contribution is 2.30. The summed E-state index contributed by atoms with van der Waals surface area (Å²) in [6.07, 6.45) is 4.84. The molecule has 2 aliphatic heterocycles. The van der Waals surface area contributed by atoms with Gasteiger partial charge in [-0.1, -0.05) is 18.2 Å². The first-order valence-electron chi connectivity index (χ1n) is 11.2. The monoisotopic (exact) mass is 421 g/mol. The Morgan fingerprint density at radius 1 is 1.03 bits per heavy atom. The summed E-state index contributed by atoms with van der Waals surface area (Å²) in [6.45, 7) is 7.11. The van der Waals surface area contributed by atoms with Gasteiger partial charge < -0.3 is 20.2 Å². The van der Waals surface area contributed by atoms with Crippen molar-refractivity contribution in [3.63, 3.8) is 0 Å². The number of carbonyl (C=O) groups excluding carboxylic acids is 1. The molecule has 0 spiro atoms. The minimum Gasteiger partial charge on any atom is -0.478 e. The van der Waals surface area contributed by atoms with Crippen molar-refractivity contribution in [2.75, 3.05) is 42.9 Å². The third kappa shape index (κ3) is 5.07. The Morgan fingerprint density at radius 3 is 2.55 bits per heavy atom. The Labute approximate surface area is 183 Å². The summed E-state index contributed by atoms with van der Waals surface area (Å²) in [7, 11) is 0. The summed E-state index contributed by atoms with van der Waals surface area (Å²) in [4.78, 5) is 29.4. The summed E-state index contributed by atoms with van der Waals surface area (Å²) < 4.78 is 0. The Hall–Kier alpha value is -2.86. The molecule has 0 aliphatic carbocycles. The van der Waals surface area contributed by atoms with E-state index in [2.05, 4.69) is 15.1 Å². The molecular weight excluding hydrogens is 390 g/mol. The molecule has 2 N–H and O–H groups in total. The molecule has 31 heavy (non-hydrogen) atoms. The lowest BCUT2D eigenvalue weighted by Gasteiger charge is -2.36. The molecule has 164 valence electrons. The number of benzene rings is 2. The van der Waals surface area contributed by atoms with E-state index in [1.807, 2.05) is 37.3 Å². The number of aromatic carboxylic acids is 1. The van der Waals surface area contributed by atoms with Crippen LogP contribution in [0.5, 0.6) is 0 Å². The van der Waals surface area contributed by atoms with E-state index in [-0.39, 0.29) is 11.5 Å². The number of amides is 1. The van der Waals surface area contributed by atoms with Gasteiger partial charge in [0.1, 0.15) is 0 Å². The molecule has 4 rings (SSSR count). The molecular formula is C25H31N3O3. The largest absolute Gasteiger partial charge is 0.478 e. The van der Waals surface area contributed by atoms with Gasteiger partial charge in [0.15, 0.2) is 0 Å². The zero-order chi connectivity index (χ0) is 21.8. The minimum atomic E-state index is -0.969. The number of likely N-dealkylation sites (tertiary alicyclic amines) is 1. The second kappa shape index (κ2) is 9.52. The second-order valence-electron chi connectivity index (χ2n) is 8.77. The van der Waals surface area contributed by atoms with Crippen molar-refractivity contribution in [3.05, 3.63) is 59.2 Å². The maximum absolute atomic E-state index is 12.6. The number of piperidine rings is 1. The molecule has 2 saturated heterocycles. The van der Waals surface area contributed by atoms with Crippen LogP contribution in [0.2, 0.25) is 0 Å². The van der Waals surface area contributed by atoms with Crippen molar-refractivity contribution >= 4 is 23.3 Å². The second-order valence-corrected chi connectivity index (χ2v) is 8.77. The van der Waals surface area contributed by atoms with Crippen LogP contribution >= 0.6 is 0 Å². The van der Waals surface area contributed by atoms with Crippen LogP contribution < -0.4 is 10.2 Å². The fourth-order valence-corrected chi connectivity index (χ4v) is 4.85. The summed E-state index contributed by atoms with van der Waals surface area (Å²) in [5.41, 5.74) is 2.95. The highest BCUT2D eigenvalue weighted by atomic mass is 16.4. The molecule has 0 radical (unpaired) electrons. The molecule has 2 aliphatic rings. The van der Waals surface area contributed by atoms with Crippen LogP contribution in [0.4, 0.5) is 11.4 Å². The number of aryl methyl sites for hydroxylation is 1. The van der Waals surface area contributed by atoms with E-state index in [4.69, 9.17) is 0 Å². The maximum atomic E-state index is 12.6. The summed E-state index contributed by atoms with van der Waals surface area (Å²) in [5, 5.41) is 12.7. The summed E-state index contributed by atoms with van der Waals surface area (Å²) in [6, 6.07) is 12.6. The van der Waals surface area contributed by atoms with Gasteiger partial charge in [0.25, 0.3) is 5.91 Å². The lowest BCUT2D eigenvalue weighted by atomic mass is 9.96. The van der Waals surface area contributed by atoms with E-state index >= 15 is 0 Å². The van der Waals surface area contributed by atoms with Crippen LogP contribution in [0.1, 0.15) is 52.0 Å². The first-order valence-corrected chi connectivity index (χ1v) is 11.2. The third-order valence-corrected chi connectivity index (χ3v) is 6.45. The van der Waals surface area contributed by atoms with Gasteiger partial charge >= 0.3 is 5.97 Å². The molecule has 2 aromatic carbocycles. The maximum Gasteiger partial charge on any atom is 0.337 e. The topological polar surface area (TPSA) is 72.9 Å². The van der Waals surface area contributed by atoms with Crippen molar-refractivity contribution in [1.82, 2.24) is 4.90 Å². The zero-order valence-electron chi connectivity index (χ0n) is 18.1. The quantitative estimate of drug-likeness (QED) is 0.729. The van der Waals surface area contributed by atoms with Crippen LogP contribution in [-0.2, 0) is 0 Å².